The summed E-state index contributed by atoms with van der Waals surface area (Å²) in [6.07, 6.45) is 2.83. The predicted octanol–water partition coefficient (Wildman–Crippen LogP) is 0.434. The van der Waals surface area contributed by atoms with Crippen molar-refractivity contribution in [3.8, 4) is 11.8 Å². The van der Waals surface area contributed by atoms with Gasteiger partial charge in [-0.25, -0.2) is 4.98 Å². The molecule has 94 valence electrons. The quantitative estimate of drug-likeness (QED) is 0.757. The first kappa shape index (κ1) is 12.7. The molecular formula is C13H11N5O. The minimum Gasteiger partial charge on any atom is -0.320 e. The lowest BCUT2D eigenvalue weighted by Crippen LogP contribution is -2.13. The van der Waals surface area contributed by atoms with E-state index in [1.165, 1.54) is 12.4 Å². The summed E-state index contributed by atoms with van der Waals surface area (Å²) in [7, 11) is 0. The van der Waals surface area contributed by atoms with E-state index in [4.69, 9.17) is 5.73 Å². The fourth-order valence-electron chi connectivity index (χ4n) is 1.33. The Morgan fingerprint density at radius 3 is 2.95 bits per heavy atom. The van der Waals surface area contributed by atoms with E-state index in [0.717, 1.165) is 0 Å². The lowest BCUT2D eigenvalue weighted by molar-refractivity contribution is 0.102. The third kappa shape index (κ3) is 3.59. The van der Waals surface area contributed by atoms with E-state index in [9.17, 15) is 4.79 Å². The van der Waals surface area contributed by atoms with Crippen molar-refractivity contribution in [1.82, 2.24) is 15.2 Å². The molecule has 6 nitrogen and oxygen atoms in total. The number of nitrogens with zero attached hydrogens (tertiary/aromatic N) is 3. The van der Waals surface area contributed by atoms with Crippen molar-refractivity contribution < 1.29 is 4.79 Å². The van der Waals surface area contributed by atoms with Gasteiger partial charge in [0.2, 0.25) is 0 Å². The maximum absolute atomic E-state index is 11.9. The van der Waals surface area contributed by atoms with Gasteiger partial charge in [-0.1, -0.05) is 12.0 Å². The van der Waals surface area contributed by atoms with Crippen LogP contribution in [0.5, 0.6) is 0 Å². The summed E-state index contributed by atoms with van der Waals surface area (Å²) in [6, 6.07) is 6.75. The van der Waals surface area contributed by atoms with Crippen molar-refractivity contribution in [2.45, 2.75) is 0 Å². The van der Waals surface area contributed by atoms with Crippen molar-refractivity contribution in [2.24, 2.45) is 5.73 Å². The van der Waals surface area contributed by atoms with Crippen LogP contribution in [0.4, 0.5) is 5.82 Å². The Labute approximate surface area is 110 Å². The predicted molar refractivity (Wildman–Crippen MR) is 70.2 cm³/mol. The summed E-state index contributed by atoms with van der Waals surface area (Å²) < 4.78 is 0. The van der Waals surface area contributed by atoms with Gasteiger partial charge in [-0.2, -0.15) is 10.2 Å². The van der Waals surface area contributed by atoms with Crippen LogP contribution >= 0.6 is 0 Å². The summed E-state index contributed by atoms with van der Waals surface area (Å²) >= 11 is 0. The normalized spacial score (nSPS) is 9.32. The first-order valence-electron chi connectivity index (χ1n) is 5.53. The number of pyridine rings is 1. The first-order chi connectivity index (χ1) is 9.29. The van der Waals surface area contributed by atoms with E-state index in [0.29, 0.717) is 17.1 Å². The minimum atomic E-state index is -0.300. The molecular weight excluding hydrogens is 242 g/mol. The monoisotopic (exact) mass is 253 g/mol. The Morgan fingerprint density at radius 1 is 1.32 bits per heavy atom. The number of hydrogen-bond donors (Lipinski definition) is 2. The van der Waals surface area contributed by atoms with Gasteiger partial charge in [-0.15, -0.1) is 0 Å². The van der Waals surface area contributed by atoms with Crippen LogP contribution in [-0.2, 0) is 0 Å². The minimum absolute atomic E-state index is 0.265. The standard InChI is InChI=1S/C13H11N5O/c14-7-2-4-11-3-1-5-12(17-11)18-13(19)10-6-8-15-16-9-10/h1,3,5-6,8-9H,7,14H2,(H,17,18,19). The third-order valence-electron chi connectivity index (χ3n) is 2.16. The van der Waals surface area contributed by atoms with Crippen molar-refractivity contribution in [3.05, 3.63) is 47.9 Å². The molecule has 1 amide bonds. The summed E-state index contributed by atoms with van der Waals surface area (Å²) in [6.45, 7) is 0.265. The Hall–Kier alpha value is -2.78. The molecule has 0 radical (unpaired) electrons. The second-order valence-corrected chi connectivity index (χ2v) is 3.50. The van der Waals surface area contributed by atoms with Crippen LogP contribution in [0.25, 0.3) is 0 Å². The van der Waals surface area contributed by atoms with Gasteiger partial charge in [0, 0.05) is 0 Å². The van der Waals surface area contributed by atoms with Crippen LogP contribution in [0.1, 0.15) is 16.1 Å². The molecule has 2 heterocycles. The van der Waals surface area contributed by atoms with Gasteiger partial charge in [0.05, 0.1) is 24.5 Å². The maximum atomic E-state index is 11.9. The van der Waals surface area contributed by atoms with E-state index in [1.54, 1.807) is 24.3 Å². The number of carbonyl (C=O) groups is 1. The summed E-state index contributed by atoms with van der Waals surface area (Å²) in [5, 5.41) is 9.90. The number of carbonyl (C=O) groups excluding carboxylic acids is 1. The molecule has 2 aromatic heterocycles. The van der Waals surface area contributed by atoms with Crippen molar-refractivity contribution in [3.63, 3.8) is 0 Å². The Bertz CT molecular complexity index is 630. The van der Waals surface area contributed by atoms with E-state index in [2.05, 4.69) is 32.3 Å². The molecule has 0 saturated heterocycles. The number of hydrogen-bond acceptors (Lipinski definition) is 5. The van der Waals surface area contributed by atoms with Gasteiger partial charge >= 0.3 is 0 Å². The van der Waals surface area contributed by atoms with Crippen LogP contribution in [0, 0.1) is 11.8 Å². The van der Waals surface area contributed by atoms with Crippen LogP contribution < -0.4 is 11.1 Å². The smallest absolute Gasteiger partial charge is 0.258 e. The zero-order valence-electron chi connectivity index (χ0n) is 10.00. The van der Waals surface area contributed by atoms with E-state index >= 15 is 0 Å². The number of anilines is 1. The van der Waals surface area contributed by atoms with E-state index in [1.807, 2.05) is 0 Å². The molecule has 0 saturated carbocycles. The Morgan fingerprint density at radius 2 is 2.21 bits per heavy atom. The SMILES string of the molecule is NCC#Cc1cccc(NC(=O)c2ccnnc2)n1. The van der Waals surface area contributed by atoms with Crippen LogP contribution in [0.2, 0.25) is 0 Å². The number of rotatable bonds is 2. The van der Waals surface area contributed by atoms with Gasteiger partial charge in [-0.05, 0) is 24.1 Å². The van der Waals surface area contributed by atoms with E-state index in [-0.39, 0.29) is 12.5 Å². The summed E-state index contributed by atoms with van der Waals surface area (Å²) in [5.41, 5.74) is 6.25. The topological polar surface area (TPSA) is 93.8 Å². The van der Waals surface area contributed by atoms with Crippen molar-refractivity contribution >= 4 is 11.7 Å². The average Bonchev–Trinajstić information content (AvgIpc) is 2.46. The lowest BCUT2D eigenvalue weighted by atomic mass is 10.3. The molecule has 3 N–H and O–H groups in total. The second kappa shape index (κ2) is 6.23. The Kier molecular flexibility index (Phi) is 4.16. The van der Waals surface area contributed by atoms with Gasteiger partial charge < -0.3 is 11.1 Å². The van der Waals surface area contributed by atoms with Crippen molar-refractivity contribution in [1.29, 1.82) is 0 Å². The fourth-order valence-corrected chi connectivity index (χ4v) is 1.33. The van der Waals surface area contributed by atoms with Crippen LogP contribution in [0.15, 0.2) is 36.7 Å². The lowest BCUT2D eigenvalue weighted by Gasteiger charge is -2.03. The molecule has 0 fully saturated rings. The molecule has 19 heavy (non-hydrogen) atoms. The second-order valence-electron chi connectivity index (χ2n) is 3.50. The fraction of sp³-hybridized carbons (Fsp3) is 0.0769. The highest BCUT2D eigenvalue weighted by molar-refractivity contribution is 6.03. The van der Waals surface area contributed by atoms with Gasteiger partial charge in [-0.3, -0.25) is 4.79 Å². The number of aromatic nitrogens is 3. The zero-order chi connectivity index (χ0) is 13.5. The third-order valence-corrected chi connectivity index (χ3v) is 2.16. The van der Waals surface area contributed by atoms with E-state index < -0.39 is 0 Å². The molecule has 6 heteroatoms. The number of nitrogens with two attached hydrogens (primary N) is 1. The molecule has 0 aromatic carbocycles. The number of amides is 1. The average molecular weight is 253 g/mol. The largest absolute Gasteiger partial charge is 0.320 e. The molecule has 2 aromatic rings. The van der Waals surface area contributed by atoms with Crippen LogP contribution in [-0.4, -0.2) is 27.6 Å². The highest BCUT2D eigenvalue weighted by Crippen LogP contribution is 2.06. The first-order valence-corrected chi connectivity index (χ1v) is 5.53. The summed E-state index contributed by atoms with van der Waals surface area (Å²) in [4.78, 5) is 16.0. The molecule has 0 aliphatic carbocycles. The van der Waals surface area contributed by atoms with Gasteiger partial charge in [0.1, 0.15) is 11.5 Å². The van der Waals surface area contributed by atoms with Gasteiger partial charge in [0.15, 0.2) is 0 Å². The summed E-state index contributed by atoms with van der Waals surface area (Å²) in [5.74, 6) is 5.62. The van der Waals surface area contributed by atoms with Crippen LogP contribution in [0.3, 0.4) is 0 Å². The molecule has 0 bridgehead atoms. The molecule has 0 spiro atoms. The molecule has 0 atom stereocenters. The van der Waals surface area contributed by atoms with Gasteiger partial charge in [0.25, 0.3) is 5.91 Å². The molecule has 0 aliphatic heterocycles. The zero-order valence-corrected chi connectivity index (χ0v) is 10.00. The molecule has 0 unspecified atom stereocenters. The molecule has 2 rings (SSSR count). The maximum Gasteiger partial charge on any atom is 0.258 e. The van der Waals surface area contributed by atoms with Crippen molar-refractivity contribution in [2.75, 3.05) is 11.9 Å². The molecule has 0 aliphatic rings. The Balaban J connectivity index is 2.13. The number of nitrogens with one attached hydrogen (secondary N) is 1. The highest BCUT2D eigenvalue weighted by atomic mass is 16.1. The highest BCUT2D eigenvalue weighted by Gasteiger charge is 2.06.